The number of carboxylic acid groups (broad SMARTS) is 1. The van der Waals surface area contributed by atoms with Crippen LogP contribution in [0.25, 0.3) is 0 Å². The van der Waals surface area contributed by atoms with Gasteiger partial charge in [0.15, 0.2) is 0 Å². The summed E-state index contributed by atoms with van der Waals surface area (Å²) in [6.45, 7) is 1.76. The third kappa shape index (κ3) is 2.83. The lowest BCUT2D eigenvalue weighted by Gasteiger charge is -2.13. The number of aliphatic hydroxyl groups is 1. The monoisotopic (exact) mass is 258 g/mol. The van der Waals surface area contributed by atoms with Gasteiger partial charge in [-0.2, -0.15) is 0 Å². The molecular formula is C6H11IO3. The van der Waals surface area contributed by atoms with Crippen molar-refractivity contribution in [1.82, 2.24) is 0 Å². The van der Waals surface area contributed by atoms with Crippen LogP contribution >= 0.6 is 22.6 Å². The fourth-order valence-electron chi connectivity index (χ4n) is 0.719. The van der Waals surface area contributed by atoms with Crippen LogP contribution < -0.4 is 0 Å². The van der Waals surface area contributed by atoms with E-state index in [1.165, 1.54) is 0 Å². The van der Waals surface area contributed by atoms with Gasteiger partial charge in [0.05, 0.1) is 12.0 Å². The van der Waals surface area contributed by atoms with E-state index >= 15 is 0 Å². The minimum absolute atomic E-state index is 0.475. The summed E-state index contributed by atoms with van der Waals surface area (Å²) in [6, 6.07) is 0. The van der Waals surface area contributed by atoms with Crippen molar-refractivity contribution in [2.75, 3.05) is 4.43 Å². The summed E-state index contributed by atoms with van der Waals surface area (Å²) >= 11 is 1.97. The molecular weight excluding hydrogens is 247 g/mol. The maximum Gasteiger partial charge on any atom is 0.309 e. The van der Waals surface area contributed by atoms with E-state index in [2.05, 4.69) is 0 Å². The molecule has 0 fully saturated rings. The van der Waals surface area contributed by atoms with Gasteiger partial charge in [-0.05, 0) is 6.42 Å². The molecule has 0 spiro atoms. The number of carboxylic acids is 1. The Kier molecular flexibility index (Phi) is 4.98. The summed E-state index contributed by atoms with van der Waals surface area (Å²) in [4.78, 5) is 10.4. The second-order valence-electron chi connectivity index (χ2n) is 2.07. The van der Waals surface area contributed by atoms with Gasteiger partial charge in [-0.1, -0.05) is 29.5 Å². The minimum Gasteiger partial charge on any atom is -0.481 e. The summed E-state index contributed by atoms with van der Waals surface area (Å²) in [6.07, 6.45) is -0.220. The first-order valence-corrected chi connectivity index (χ1v) is 4.62. The van der Waals surface area contributed by atoms with Crippen molar-refractivity contribution in [3.05, 3.63) is 0 Å². The fraction of sp³-hybridized carbons (Fsp3) is 0.833. The second-order valence-corrected chi connectivity index (χ2v) is 2.96. The summed E-state index contributed by atoms with van der Waals surface area (Å²) in [5.41, 5.74) is 0. The van der Waals surface area contributed by atoms with Gasteiger partial charge in [-0.3, -0.25) is 4.79 Å². The number of aliphatic hydroxyl groups excluding tert-OH is 1. The van der Waals surface area contributed by atoms with Crippen LogP contribution in [-0.4, -0.2) is 26.7 Å². The lowest BCUT2D eigenvalue weighted by atomic mass is 10.0. The summed E-state index contributed by atoms with van der Waals surface area (Å²) in [5.74, 6) is -1.51. The third-order valence-corrected chi connectivity index (χ3v) is 2.28. The first-order valence-electron chi connectivity index (χ1n) is 3.10. The molecule has 0 radical (unpaired) electrons. The van der Waals surface area contributed by atoms with Crippen LogP contribution in [0.1, 0.15) is 13.3 Å². The zero-order chi connectivity index (χ0) is 8.15. The van der Waals surface area contributed by atoms with Crippen molar-refractivity contribution in [3.8, 4) is 0 Å². The van der Waals surface area contributed by atoms with Crippen LogP contribution in [0, 0.1) is 5.92 Å². The molecule has 0 saturated carbocycles. The maximum absolute atomic E-state index is 10.4. The van der Waals surface area contributed by atoms with Gasteiger partial charge in [-0.15, -0.1) is 0 Å². The average molecular weight is 258 g/mol. The maximum atomic E-state index is 10.4. The van der Waals surface area contributed by atoms with Crippen molar-refractivity contribution in [1.29, 1.82) is 0 Å². The third-order valence-electron chi connectivity index (χ3n) is 1.38. The number of hydrogen-bond acceptors (Lipinski definition) is 2. The zero-order valence-electron chi connectivity index (χ0n) is 5.75. The molecule has 0 aromatic rings. The standard InChI is InChI=1S/C6H11IO3/c1-2-4(6(9)10)5(8)3-7/h4-5,8H,2-3H2,1H3,(H,9,10). The molecule has 0 heterocycles. The molecule has 0 rings (SSSR count). The molecule has 2 unspecified atom stereocenters. The highest BCUT2D eigenvalue weighted by Crippen LogP contribution is 2.10. The van der Waals surface area contributed by atoms with Gasteiger partial charge in [-0.25, -0.2) is 0 Å². The molecule has 10 heavy (non-hydrogen) atoms. The number of aliphatic carboxylic acids is 1. The highest BCUT2D eigenvalue weighted by atomic mass is 127. The van der Waals surface area contributed by atoms with Crippen LogP contribution in [-0.2, 0) is 4.79 Å². The van der Waals surface area contributed by atoms with Crippen molar-refractivity contribution in [2.24, 2.45) is 5.92 Å². The predicted molar refractivity (Wildman–Crippen MR) is 46.3 cm³/mol. The van der Waals surface area contributed by atoms with E-state index in [1.807, 2.05) is 22.6 Å². The molecule has 0 saturated heterocycles. The fourth-order valence-corrected chi connectivity index (χ4v) is 1.33. The SMILES string of the molecule is CCC(C(=O)O)C(O)CI. The van der Waals surface area contributed by atoms with Crippen molar-refractivity contribution >= 4 is 28.6 Å². The summed E-state index contributed by atoms with van der Waals surface area (Å²) < 4.78 is 0.475. The van der Waals surface area contributed by atoms with Crippen LogP contribution in [0.15, 0.2) is 0 Å². The van der Waals surface area contributed by atoms with E-state index < -0.39 is 18.0 Å². The van der Waals surface area contributed by atoms with E-state index in [-0.39, 0.29) is 0 Å². The highest BCUT2D eigenvalue weighted by molar-refractivity contribution is 14.1. The Balaban J connectivity index is 3.92. The average Bonchev–Trinajstić information content (AvgIpc) is 1.88. The predicted octanol–water partition coefficient (Wildman–Crippen LogP) is 0.893. The molecule has 0 aromatic heterocycles. The molecule has 3 nitrogen and oxygen atoms in total. The molecule has 0 aliphatic carbocycles. The number of hydrogen-bond donors (Lipinski definition) is 2. The molecule has 60 valence electrons. The number of carbonyl (C=O) groups is 1. The van der Waals surface area contributed by atoms with E-state index in [1.54, 1.807) is 6.92 Å². The van der Waals surface area contributed by atoms with Crippen molar-refractivity contribution in [2.45, 2.75) is 19.4 Å². The van der Waals surface area contributed by atoms with E-state index in [0.29, 0.717) is 10.8 Å². The summed E-state index contributed by atoms with van der Waals surface area (Å²) in [5, 5.41) is 17.6. The lowest BCUT2D eigenvalue weighted by molar-refractivity contribution is -0.145. The molecule has 2 atom stereocenters. The van der Waals surface area contributed by atoms with Crippen LogP contribution in [0.3, 0.4) is 0 Å². The van der Waals surface area contributed by atoms with Crippen LogP contribution in [0.5, 0.6) is 0 Å². The van der Waals surface area contributed by atoms with Crippen molar-refractivity contribution < 1.29 is 15.0 Å². The Bertz CT molecular complexity index is 116. The first-order chi connectivity index (χ1) is 4.63. The first kappa shape index (κ1) is 10.2. The molecule has 2 N–H and O–H groups in total. The van der Waals surface area contributed by atoms with Gasteiger partial charge >= 0.3 is 5.97 Å². The van der Waals surface area contributed by atoms with Crippen molar-refractivity contribution in [3.63, 3.8) is 0 Å². The molecule has 0 amide bonds. The van der Waals surface area contributed by atoms with E-state index in [9.17, 15) is 4.79 Å². The van der Waals surface area contributed by atoms with Gasteiger partial charge in [0.25, 0.3) is 0 Å². The van der Waals surface area contributed by atoms with E-state index in [4.69, 9.17) is 10.2 Å². The lowest BCUT2D eigenvalue weighted by Crippen LogP contribution is -2.28. The number of alkyl halides is 1. The van der Waals surface area contributed by atoms with E-state index in [0.717, 1.165) is 0 Å². The molecule has 4 heteroatoms. The Labute approximate surface area is 73.6 Å². The summed E-state index contributed by atoms with van der Waals surface area (Å²) in [7, 11) is 0. The second kappa shape index (κ2) is 4.90. The van der Waals surface area contributed by atoms with Gasteiger partial charge in [0, 0.05) is 4.43 Å². The highest BCUT2D eigenvalue weighted by Gasteiger charge is 2.22. The quantitative estimate of drug-likeness (QED) is 0.581. The van der Waals surface area contributed by atoms with Crippen LogP contribution in [0.4, 0.5) is 0 Å². The molecule has 0 aliphatic rings. The largest absolute Gasteiger partial charge is 0.481 e. The Morgan fingerprint density at radius 3 is 2.30 bits per heavy atom. The normalized spacial score (nSPS) is 16.3. The topological polar surface area (TPSA) is 57.5 Å². The zero-order valence-corrected chi connectivity index (χ0v) is 7.91. The smallest absolute Gasteiger partial charge is 0.309 e. The Morgan fingerprint density at radius 1 is 1.70 bits per heavy atom. The Morgan fingerprint density at radius 2 is 2.20 bits per heavy atom. The molecule has 0 bridgehead atoms. The number of halogens is 1. The van der Waals surface area contributed by atoms with Crippen LogP contribution in [0.2, 0.25) is 0 Å². The Hall–Kier alpha value is 0.160. The molecule has 0 aromatic carbocycles. The number of rotatable bonds is 4. The van der Waals surface area contributed by atoms with Gasteiger partial charge in [0.2, 0.25) is 0 Å². The minimum atomic E-state index is -0.910. The molecule has 0 aliphatic heterocycles. The van der Waals surface area contributed by atoms with Gasteiger partial charge < -0.3 is 10.2 Å². The van der Waals surface area contributed by atoms with Gasteiger partial charge in [0.1, 0.15) is 0 Å².